The minimum absolute atomic E-state index is 0.00467. The maximum atomic E-state index is 13.2. The molecule has 0 amide bonds. The van der Waals surface area contributed by atoms with E-state index in [1.165, 1.54) is 43.7 Å². The minimum Gasteiger partial charge on any atom is -0.497 e. The van der Waals surface area contributed by atoms with Crippen molar-refractivity contribution in [2.75, 3.05) is 17.3 Å². The normalized spacial score (nSPS) is 12.1. The second-order valence-corrected chi connectivity index (χ2v) is 11.9. The number of nitro benzene ring substituents is 1. The Hall–Kier alpha value is -4.73. The monoisotopic (exact) mass is 599 g/mol. The lowest BCUT2D eigenvalue weighted by Gasteiger charge is -2.13. The van der Waals surface area contributed by atoms with Crippen molar-refractivity contribution < 1.29 is 30.9 Å². The number of sulfonamides is 2. The van der Waals surface area contributed by atoms with Crippen LogP contribution in [0.3, 0.4) is 0 Å². The molecule has 0 saturated heterocycles. The molecule has 0 aliphatic heterocycles. The SMILES string of the molecule is COc1ccc(NS(=O)(=O)c2cc([N+](=O)[O-])ccc2NN=C(C)c2ccc(S(=O)(=O)NCc3ccco3)cc2)cc1. The van der Waals surface area contributed by atoms with Crippen molar-refractivity contribution in [1.29, 1.82) is 0 Å². The van der Waals surface area contributed by atoms with Gasteiger partial charge in [0.05, 0.1) is 41.1 Å². The Morgan fingerprint density at radius 3 is 2.29 bits per heavy atom. The van der Waals surface area contributed by atoms with E-state index in [0.717, 1.165) is 12.1 Å². The summed E-state index contributed by atoms with van der Waals surface area (Å²) in [5.41, 5.74) is 3.37. The molecule has 41 heavy (non-hydrogen) atoms. The number of nitro groups is 1. The molecule has 0 spiro atoms. The van der Waals surface area contributed by atoms with Crippen LogP contribution in [0.1, 0.15) is 18.2 Å². The summed E-state index contributed by atoms with van der Waals surface area (Å²) >= 11 is 0. The molecular weight excluding hydrogens is 574 g/mol. The predicted molar refractivity (Wildman–Crippen MR) is 152 cm³/mol. The second-order valence-electron chi connectivity index (χ2n) is 8.51. The lowest BCUT2D eigenvalue weighted by Crippen LogP contribution is -2.23. The van der Waals surface area contributed by atoms with Gasteiger partial charge in [-0.1, -0.05) is 12.1 Å². The fourth-order valence-corrected chi connectivity index (χ4v) is 5.78. The maximum absolute atomic E-state index is 13.2. The number of anilines is 2. The topological polar surface area (TPSA) is 182 Å². The van der Waals surface area contributed by atoms with Gasteiger partial charge in [0.15, 0.2) is 0 Å². The first-order valence-corrected chi connectivity index (χ1v) is 14.8. The van der Waals surface area contributed by atoms with Crippen LogP contribution < -0.4 is 19.6 Å². The van der Waals surface area contributed by atoms with E-state index in [1.807, 2.05) is 0 Å². The van der Waals surface area contributed by atoms with Crippen molar-refractivity contribution in [2.45, 2.75) is 23.3 Å². The molecule has 15 heteroatoms. The first-order valence-electron chi connectivity index (χ1n) is 11.9. The van der Waals surface area contributed by atoms with Crippen molar-refractivity contribution in [3.63, 3.8) is 0 Å². The van der Waals surface area contributed by atoms with Gasteiger partial charge in [-0.3, -0.25) is 20.3 Å². The zero-order valence-corrected chi connectivity index (χ0v) is 23.4. The van der Waals surface area contributed by atoms with E-state index in [-0.39, 0.29) is 22.8 Å². The molecule has 0 aliphatic carbocycles. The molecule has 214 valence electrons. The van der Waals surface area contributed by atoms with Gasteiger partial charge in [-0.25, -0.2) is 21.6 Å². The van der Waals surface area contributed by atoms with Crippen LogP contribution in [0, 0.1) is 10.1 Å². The van der Waals surface area contributed by atoms with E-state index < -0.39 is 35.6 Å². The van der Waals surface area contributed by atoms with Gasteiger partial charge in [0.2, 0.25) is 10.0 Å². The van der Waals surface area contributed by atoms with Crippen LogP contribution in [0.2, 0.25) is 0 Å². The number of furan rings is 1. The molecule has 0 atom stereocenters. The number of nitrogens with one attached hydrogen (secondary N) is 3. The summed E-state index contributed by atoms with van der Waals surface area (Å²) in [4.78, 5) is 10.3. The second kappa shape index (κ2) is 12.2. The summed E-state index contributed by atoms with van der Waals surface area (Å²) in [6.07, 6.45) is 1.45. The van der Waals surface area contributed by atoms with Crippen molar-refractivity contribution >= 4 is 42.8 Å². The summed E-state index contributed by atoms with van der Waals surface area (Å²) in [7, 11) is -6.61. The zero-order chi connectivity index (χ0) is 29.6. The number of hydrazone groups is 1. The number of ether oxygens (including phenoxy) is 1. The largest absolute Gasteiger partial charge is 0.497 e. The third kappa shape index (κ3) is 7.27. The first kappa shape index (κ1) is 29.3. The van der Waals surface area contributed by atoms with Crippen LogP contribution in [0.25, 0.3) is 0 Å². The zero-order valence-electron chi connectivity index (χ0n) is 21.8. The number of hydrogen-bond donors (Lipinski definition) is 3. The Morgan fingerprint density at radius 2 is 1.68 bits per heavy atom. The van der Waals surface area contributed by atoms with Gasteiger partial charge < -0.3 is 9.15 Å². The van der Waals surface area contributed by atoms with Gasteiger partial charge in [0.1, 0.15) is 16.4 Å². The van der Waals surface area contributed by atoms with Gasteiger partial charge in [0, 0.05) is 17.8 Å². The summed E-state index contributed by atoms with van der Waals surface area (Å²) in [5, 5.41) is 15.6. The molecule has 3 aromatic carbocycles. The minimum atomic E-state index is -4.28. The Bertz CT molecular complexity index is 1770. The molecule has 1 aromatic heterocycles. The summed E-state index contributed by atoms with van der Waals surface area (Å²) in [6.45, 7) is 1.62. The number of nitrogens with zero attached hydrogens (tertiary/aromatic N) is 2. The van der Waals surface area contributed by atoms with Crippen molar-refractivity contribution in [2.24, 2.45) is 5.10 Å². The van der Waals surface area contributed by atoms with E-state index in [2.05, 4.69) is 20.0 Å². The molecule has 4 aromatic rings. The van der Waals surface area contributed by atoms with Gasteiger partial charge >= 0.3 is 0 Å². The highest BCUT2D eigenvalue weighted by molar-refractivity contribution is 7.93. The molecule has 0 fully saturated rings. The van der Waals surface area contributed by atoms with Crippen molar-refractivity contribution in [1.82, 2.24) is 4.72 Å². The standard InChI is InChI=1S/C26H25N5O8S2/c1-18(19-5-12-24(13-6-19)40(34,35)27-17-23-4-3-15-39-23)28-29-25-14-9-21(31(32)33)16-26(25)41(36,37)30-20-7-10-22(38-2)11-8-20/h3-16,27,29-30H,17H2,1-2H3. The van der Waals surface area contributed by atoms with E-state index >= 15 is 0 Å². The molecule has 0 saturated carbocycles. The van der Waals surface area contributed by atoms with Crippen LogP contribution in [-0.2, 0) is 26.6 Å². The van der Waals surface area contributed by atoms with Gasteiger partial charge in [-0.05, 0) is 67.1 Å². The number of rotatable bonds is 12. The third-order valence-corrected chi connectivity index (χ3v) is 8.59. The van der Waals surface area contributed by atoms with Crippen LogP contribution >= 0.6 is 0 Å². The average Bonchev–Trinajstić information content (AvgIpc) is 3.49. The lowest BCUT2D eigenvalue weighted by molar-refractivity contribution is -0.385. The van der Waals surface area contributed by atoms with E-state index in [1.54, 1.807) is 43.3 Å². The molecular formula is C26H25N5O8S2. The Labute approximate surface area is 236 Å². The van der Waals surface area contributed by atoms with Gasteiger partial charge in [-0.2, -0.15) is 5.10 Å². The quantitative estimate of drug-likeness (QED) is 0.121. The van der Waals surface area contributed by atoms with Crippen LogP contribution in [0.5, 0.6) is 5.75 Å². The summed E-state index contributed by atoms with van der Waals surface area (Å²) in [5.74, 6) is 0.984. The molecule has 0 unspecified atom stereocenters. The summed E-state index contributed by atoms with van der Waals surface area (Å²) < 4.78 is 66.6. The highest BCUT2D eigenvalue weighted by atomic mass is 32.2. The van der Waals surface area contributed by atoms with Crippen LogP contribution in [0.4, 0.5) is 17.1 Å². The smallest absolute Gasteiger partial charge is 0.270 e. The third-order valence-electron chi connectivity index (χ3n) is 5.75. The Kier molecular flexibility index (Phi) is 8.71. The number of hydrogen-bond acceptors (Lipinski definition) is 10. The molecule has 3 N–H and O–H groups in total. The molecule has 4 rings (SSSR count). The number of non-ortho nitro benzene ring substituents is 1. The highest BCUT2D eigenvalue weighted by Crippen LogP contribution is 2.29. The number of methoxy groups -OCH3 is 1. The van der Waals surface area contributed by atoms with Gasteiger partial charge in [0.25, 0.3) is 15.7 Å². The predicted octanol–water partition coefficient (Wildman–Crippen LogP) is 4.31. The Balaban J connectivity index is 1.54. The van der Waals surface area contributed by atoms with Gasteiger partial charge in [-0.15, -0.1) is 0 Å². The van der Waals surface area contributed by atoms with Crippen LogP contribution in [0.15, 0.2) is 104 Å². The van der Waals surface area contributed by atoms with Crippen molar-refractivity contribution in [3.05, 3.63) is 107 Å². The summed E-state index contributed by atoms with van der Waals surface area (Å²) in [6, 6.07) is 18.6. The average molecular weight is 600 g/mol. The first-order chi connectivity index (χ1) is 19.5. The lowest BCUT2D eigenvalue weighted by atomic mass is 10.1. The Morgan fingerprint density at radius 1 is 0.976 bits per heavy atom. The molecule has 13 nitrogen and oxygen atoms in total. The fraction of sp³-hybridized carbons (Fsp3) is 0.115. The molecule has 0 bridgehead atoms. The van der Waals surface area contributed by atoms with E-state index in [9.17, 15) is 26.9 Å². The fourth-order valence-electron chi connectivity index (χ4n) is 3.56. The maximum Gasteiger partial charge on any atom is 0.270 e. The molecule has 0 aliphatic rings. The highest BCUT2D eigenvalue weighted by Gasteiger charge is 2.23. The molecule has 1 heterocycles. The molecule has 0 radical (unpaired) electrons. The van der Waals surface area contributed by atoms with E-state index in [0.29, 0.717) is 22.8 Å². The van der Waals surface area contributed by atoms with Crippen molar-refractivity contribution in [3.8, 4) is 5.75 Å². The number of benzene rings is 3. The van der Waals surface area contributed by atoms with Crippen LogP contribution in [-0.4, -0.2) is 34.6 Å². The van der Waals surface area contributed by atoms with E-state index in [4.69, 9.17) is 9.15 Å².